The molecule has 0 aromatic heterocycles. The summed E-state index contributed by atoms with van der Waals surface area (Å²) in [5.41, 5.74) is 0.636. The zero-order chi connectivity index (χ0) is 15.9. The number of hydrogen-bond donors (Lipinski definition) is 1. The minimum absolute atomic E-state index is 0.00113. The van der Waals surface area contributed by atoms with E-state index in [9.17, 15) is 22.0 Å². The fraction of sp³-hybridized carbons (Fsp3) is 0.571. The summed E-state index contributed by atoms with van der Waals surface area (Å²) in [6.07, 6.45) is -4.80. The molecule has 120 valence electrons. The number of rotatable bonds is 8. The lowest BCUT2D eigenvalue weighted by Crippen LogP contribution is -2.21. The van der Waals surface area contributed by atoms with Gasteiger partial charge in [-0.2, -0.15) is 22.0 Å². The van der Waals surface area contributed by atoms with Crippen molar-refractivity contribution in [3.05, 3.63) is 29.8 Å². The van der Waals surface area contributed by atoms with Crippen LogP contribution in [0.25, 0.3) is 0 Å². The minimum atomic E-state index is -4.18. The Kier molecular flexibility index (Phi) is 6.87. The molecule has 0 saturated heterocycles. The van der Waals surface area contributed by atoms with Crippen LogP contribution >= 0.6 is 0 Å². The first kappa shape index (κ1) is 17.7. The van der Waals surface area contributed by atoms with Crippen molar-refractivity contribution < 1.29 is 26.7 Å². The molecule has 0 amide bonds. The smallest absolute Gasteiger partial charge is 0.389 e. The fourth-order valence-corrected chi connectivity index (χ4v) is 2.05. The first-order chi connectivity index (χ1) is 9.81. The van der Waals surface area contributed by atoms with Crippen LogP contribution in [0.2, 0.25) is 0 Å². The highest BCUT2D eigenvalue weighted by Crippen LogP contribution is 2.28. The molecule has 1 unspecified atom stereocenters. The van der Waals surface area contributed by atoms with Crippen LogP contribution in [-0.2, 0) is 0 Å². The summed E-state index contributed by atoms with van der Waals surface area (Å²) >= 11 is 0. The summed E-state index contributed by atoms with van der Waals surface area (Å²) in [6.45, 7) is -0.532. The van der Waals surface area contributed by atoms with Gasteiger partial charge in [0.05, 0.1) is 0 Å². The molecule has 0 spiro atoms. The Morgan fingerprint density at radius 2 is 1.95 bits per heavy atom. The zero-order valence-electron chi connectivity index (χ0n) is 11.6. The first-order valence-electron chi connectivity index (χ1n) is 6.66. The van der Waals surface area contributed by atoms with Crippen LogP contribution in [0.5, 0.6) is 5.75 Å². The third-order valence-corrected chi connectivity index (χ3v) is 2.89. The van der Waals surface area contributed by atoms with Crippen molar-refractivity contribution in [2.24, 2.45) is 0 Å². The summed E-state index contributed by atoms with van der Waals surface area (Å²) in [4.78, 5) is 0. The third-order valence-electron chi connectivity index (χ3n) is 2.89. The SMILES string of the molecule is CCNC(CCCC(F)(F)F)c1cccc(OC(F)F)c1. The van der Waals surface area contributed by atoms with Crippen molar-refractivity contribution in [2.45, 2.75) is 45.0 Å². The van der Waals surface area contributed by atoms with E-state index in [0.29, 0.717) is 12.1 Å². The standard InChI is InChI=1S/C14H18F5NO/c1-2-20-12(7-4-8-14(17,18)19)10-5-3-6-11(9-10)21-13(15)16/h3,5-6,9,12-13,20H,2,4,7-8H2,1H3. The van der Waals surface area contributed by atoms with E-state index in [1.807, 2.05) is 6.92 Å². The Morgan fingerprint density at radius 1 is 1.24 bits per heavy atom. The lowest BCUT2D eigenvalue weighted by molar-refractivity contribution is -0.135. The molecule has 1 aromatic carbocycles. The minimum Gasteiger partial charge on any atom is -0.435 e. The predicted molar refractivity (Wildman–Crippen MR) is 69.4 cm³/mol. The molecule has 0 aliphatic carbocycles. The maximum atomic E-state index is 12.2. The number of nitrogens with one attached hydrogen (secondary N) is 1. The van der Waals surface area contributed by atoms with Gasteiger partial charge in [0.25, 0.3) is 0 Å². The molecular formula is C14H18F5NO. The quantitative estimate of drug-likeness (QED) is 0.704. The van der Waals surface area contributed by atoms with Crippen molar-refractivity contribution in [1.82, 2.24) is 5.32 Å². The zero-order valence-corrected chi connectivity index (χ0v) is 11.6. The molecule has 0 bridgehead atoms. The molecule has 0 radical (unpaired) electrons. The maximum absolute atomic E-state index is 12.2. The molecule has 0 heterocycles. The van der Waals surface area contributed by atoms with Crippen molar-refractivity contribution in [1.29, 1.82) is 0 Å². The number of alkyl halides is 5. The third kappa shape index (κ3) is 7.27. The van der Waals surface area contributed by atoms with Gasteiger partial charge in [-0.25, -0.2) is 0 Å². The summed E-state index contributed by atoms with van der Waals surface area (Å²) < 4.78 is 65.2. The molecule has 21 heavy (non-hydrogen) atoms. The Bertz CT molecular complexity index is 422. The molecule has 1 rings (SSSR count). The van der Waals surface area contributed by atoms with Crippen LogP contribution in [0.4, 0.5) is 22.0 Å². The summed E-state index contributed by atoms with van der Waals surface area (Å²) in [5.74, 6) is 0.00113. The fourth-order valence-electron chi connectivity index (χ4n) is 2.05. The normalized spacial score (nSPS) is 13.5. The number of halogens is 5. The first-order valence-corrected chi connectivity index (χ1v) is 6.66. The molecule has 0 aliphatic rings. The van der Waals surface area contributed by atoms with Gasteiger partial charge in [0.1, 0.15) is 5.75 Å². The summed E-state index contributed by atoms with van der Waals surface area (Å²) in [5, 5.41) is 3.06. The second kappa shape index (κ2) is 8.17. The van der Waals surface area contributed by atoms with Crippen molar-refractivity contribution in [2.75, 3.05) is 6.54 Å². The topological polar surface area (TPSA) is 21.3 Å². The Hall–Kier alpha value is -1.37. The van der Waals surface area contributed by atoms with E-state index < -0.39 is 19.2 Å². The lowest BCUT2D eigenvalue weighted by Gasteiger charge is -2.19. The largest absolute Gasteiger partial charge is 0.435 e. The van der Waals surface area contributed by atoms with Gasteiger partial charge in [0, 0.05) is 12.5 Å². The van der Waals surface area contributed by atoms with Crippen molar-refractivity contribution >= 4 is 0 Å². The van der Waals surface area contributed by atoms with Crippen molar-refractivity contribution in [3.63, 3.8) is 0 Å². The van der Waals surface area contributed by atoms with Gasteiger partial charge < -0.3 is 10.1 Å². The summed E-state index contributed by atoms with van der Waals surface area (Å²) in [7, 11) is 0. The van der Waals surface area contributed by atoms with Crippen LogP contribution in [0.15, 0.2) is 24.3 Å². The molecule has 2 nitrogen and oxygen atoms in total. The predicted octanol–water partition coefficient (Wildman–Crippen LogP) is 4.67. The average molecular weight is 311 g/mol. The van der Waals surface area contributed by atoms with E-state index in [-0.39, 0.29) is 24.6 Å². The van der Waals surface area contributed by atoms with Gasteiger partial charge >= 0.3 is 12.8 Å². The van der Waals surface area contributed by atoms with Crippen LogP contribution in [0.3, 0.4) is 0 Å². The van der Waals surface area contributed by atoms with Crippen LogP contribution in [-0.4, -0.2) is 19.3 Å². The second-order valence-electron chi connectivity index (χ2n) is 4.57. The number of ether oxygens (including phenoxy) is 1. The van der Waals surface area contributed by atoms with E-state index in [1.54, 1.807) is 12.1 Å². The molecule has 0 fully saturated rings. The highest BCUT2D eigenvalue weighted by Gasteiger charge is 2.26. The molecule has 1 aromatic rings. The average Bonchev–Trinajstić information content (AvgIpc) is 2.36. The lowest BCUT2D eigenvalue weighted by atomic mass is 10.0. The van der Waals surface area contributed by atoms with E-state index in [1.165, 1.54) is 12.1 Å². The number of hydrogen-bond acceptors (Lipinski definition) is 2. The van der Waals surface area contributed by atoms with Gasteiger partial charge in [-0.05, 0) is 37.1 Å². The second-order valence-corrected chi connectivity index (χ2v) is 4.57. The van der Waals surface area contributed by atoms with Crippen molar-refractivity contribution in [3.8, 4) is 5.75 Å². The molecule has 0 saturated carbocycles. The summed E-state index contributed by atoms with van der Waals surface area (Å²) in [6, 6.07) is 5.71. The van der Waals surface area contributed by atoms with Crippen LogP contribution in [0, 0.1) is 0 Å². The Labute approximate surface area is 120 Å². The van der Waals surface area contributed by atoms with Gasteiger partial charge in [-0.15, -0.1) is 0 Å². The monoisotopic (exact) mass is 311 g/mol. The van der Waals surface area contributed by atoms with Crippen LogP contribution < -0.4 is 10.1 Å². The van der Waals surface area contributed by atoms with E-state index in [2.05, 4.69) is 10.1 Å². The van der Waals surface area contributed by atoms with Gasteiger partial charge in [0.2, 0.25) is 0 Å². The van der Waals surface area contributed by atoms with E-state index in [4.69, 9.17) is 0 Å². The molecule has 7 heteroatoms. The number of benzene rings is 1. The Morgan fingerprint density at radius 3 is 2.52 bits per heavy atom. The van der Waals surface area contributed by atoms with Gasteiger partial charge in [-0.1, -0.05) is 19.1 Å². The molecule has 0 aliphatic heterocycles. The highest BCUT2D eigenvalue weighted by atomic mass is 19.4. The highest BCUT2D eigenvalue weighted by molar-refractivity contribution is 5.30. The molecular weight excluding hydrogens is 293 g/mol. The van der Waals surface area contributed by atoms with E-state index in [0.717, 1.165) is 0 Å². The van der Waals surface area contributed by atoms with Gasteiger partial charge in [-0.3, -0.25) is 0 Å². The van der Waals surface area contributed by atoms with Crippen LogP contribution in [0.1, 0.15) is 37.8 Å². The van der Waals surface area contributed by atoms with E-state index >= 15 is 0 Å². The molecule has 1 N–H and O–H groups in total. The maximum Gasteiger partial charge on any atom is 0.389 e. The Balaban J connectivity index is 2.70. The molecule has 1 atom stereocenters. The van der Waals surface area contributed by atoms with Gasteiger partial charge in [0.15, 0.2) is 0 Å².